The predicted molar refractivity (Wildman–Crippen MR) is 127 cm³/mol. The molecular formula is C21H26N6O3S2. The van der Waals surface area contributed by atoms with Crippen LogP contribution in [0.15, 0.2) is 46.7 Å². The highest BCUT2D eigenvalue weighted by Gasteiger charge is 2.16. The standard InChI is InChI=1S/C21H26N6O3S2/c1-14-4-6-17(7-5-14)26-19-12-15(2)25-21(27-19)22-10-11-24-32(29,30)20-9-8-18(31-20)13-23-16(3)28/h4-9,12,24H,10-11,13H2,1-3H3,(H,23,28)(H2,22,25,26,27). The van der Waals surface area contributed by atoms with Crippen LogP contribution >= 0.6 is 11.3 Å². The summed E-state index contributed by atoms with van der Waals surface area (Å²) in [6.45, 7) is 6.10. The minimum atomic E-state index is -3.63. The molecule has 170 valence electrons. The van der Waals surface area contributed by atoms with Gasteiger partial charge in [-0.05, 0) is 38.1 Å². The van der Waals surface area contributed by atoms with E-state index in [0.717, 1.165) is 27.6 Å². The Morgan fingerprint density at radius 2 is 1.78 bits per heavy atom. The maximum absolute atomic E-state index is 12.5. The van der Waals surface area contributed by atoms with Crippen LogP contribution in [-0.2, 0) is 21.4 Å². The molecule has 0 fully saturated rings. The predicted octanol–water partition coefficient (Wildman–Crippen LogP) is 2.93. The Morgan fingerprint density at radius 1 is 1.03 bits per heavy atom. The van der Waals surface area contributed by atoms with Crippen molar-refractivity contribution in [3.05, 3.63) is 58.6 Å². The first kappa shape index (κ1) is 23.6. The molecule has 0 bridgehead atoms. The van der Waals surface area contributed by atoms with Crippen molar-refractivity contribution in [3.63, 3.8) is 0 Å². The van der Waals surface area contributed by atoms with Crippen LogP contribution in [0.3, 0.4) is 0 Å². The van der Waals surface area contributed by atoms with Crippen molar-refractivity contribution in [2.24, 2.45) is 0 Å². The molecule has 2 aromatic heterocycles. The number of carbonyl (C=O) groups is 1. The minimum Gasteiger partial charge on any atom is -0.353 e. The quantitative estimate of drug-likeness (QED) is 0.333. The van der Waals surface area contributed by atoms with E-state index in [1.54, 1.807) is 6.07 Å². The number of benzene rings is 1. The summed E-state index contributed by atoms with van der Waals surface area (Å²) < 4.78 is 27.7. The van der Waals surface area contributed by atoms with E-state index in [4.69, 9.17) is 0 Å². The second-order valence-corrected chi connectivity index (χ2v) is 10.3. The van der Waals surface area contributed by atoms with Crippen LogP contribution in [0.25, 0.3) is 0 Å². The highest BCUT2D eigenvalue weighted by Crippen LogP contribution is 2.21. The Hall–Kier alpha value is -3.02. The summed E-state index contributed by atoms with van der Waals surface area (Å²) in [4.78, 5) is 20.6. The molecule has 1 amide bonds. The van der Waals surface area contributed by atoms with E-state index in [9.17, 15) is 13.2 Å². The van der Waals surface area contributed by atoms with Gasteiger partial charge in [0.25, 0.3) is 0 Å². The zero-order valence-corrected chi connectivity index (χ0v) is 19.7. The van der Waals surface area contributed by atoms with Gasteiger partial charge in [0.05, 0.1) is 6.54 Å². The average molecular weight is 475 g/mol. The van der Waals surface area contributed by atoms with Gasteiger partial charge in [-0.2, -0.15) is 4.98 Å². The summed E-state index contributed by atoms with van der Waals surface area (Å²) in [6, 6.07) is 13.0. The van der Waals surface area contributed by atoms with Crippen molar-refractivity contribution < 1.29 is 13.2 Å². The molecule has 9 nitrogen and oxygen atoms in total. The lowest BCUT2D eigenvalue weighted by Crippen LogP contribution is -2.28. The lowest BCUT2D eigenvalue weighted by Gasteiger charge is -2.10. The van der Waals surface area contributed by atoms with Gasteiger partial charge in [-0.25, -0.2) is 18.1 Å². The number of amides is 1. The number of nitrogens with zero attached hydrogens (tertiary/aromatic N) is 2. The number of sulfonamides is 1. The first-order chi connectivity index (χ1) is 15.2. The molecule has 0 spiro atoms. The third-order valence-electron chi connectivity index (χ3n) is 4.29. The molecular weight excluding hydrogens is 448 g/mol. The largest absolute Gasteiger partial charge is 0.353 e. The van der Waals surface area contributed by atoms with Crippen LogP contribution in [0, 0.1) is 13.8 Å². The number of hydrogen-bond acceptors (Lipinski definition) is 8. The van der Waals surface area contributed by atoms with Gasteiger partial charge in [-0.3, -0.25) is 4.79 Å². The fourth-order valence-corrected chi connectivity index (χ4v) is 5.11. The maximum Gasteiger partial charge on any atom is 0.250 e. The van der Waals surface area contributed by atoms with Crippen molar-refractivity contribution in [2.45, 2.75) is 31.5 Å². The molecule has 0 aliphatic heterocycles. The van der Waals surface area contributed by atoms with Crippen molar-refractivity contribution in [1.29, 1.82) is 0 Å². The summed E-state index contributed by atoms with van der Waals surface area (Å²) in [5.74, 6) is 0.893. The van der Waals surface area contributed by atoms with Crippen molar-refractivity contribution in [3.8, 4) is 0 Å². The van der Waals surface area contributed by atoms with Gasteiger partial charge >= 0.3 is 0 Å². The number of aromatic nitrogens is 2. The van der Waals surface area contributed by atoms with Crippen LogP contribution in [0.5, 0.6) is 0 Å². The minimum absolute atomic E-state index is 0.164. The van der Waals surface area contributed by atoms with Gasteiger partial charge in [-0.15, -0.1) is 11.3 Å². The van der Waals surface area contributed by atoms with Gasteiger partial charge in [-0.1, -0.05) is 17.7 Å². The number of rotatable bonds is 10. The fourth-order valence-electron chi connectivity index (χ4n) is 2.74. The highest BCUT2D eigenvalue weighted by molar-refractivity contribution is 7.91. The normalized spacial score (nSPS) is 11.2. The SMILES string of the molecule is CC(=O)NCc1ccc(S(=O)(=O)NCCNc2nc(C)cc(Nc3ccc(C)cc3)n2)s1. The van der Waals surface area contributed by atoms with Crippen LogP contribution in [0.2, 0.25) is 0 Å². The van der Waals surface area contributed by atoms with E-state index in [2.05, 4.69) is 30.6 Å². The van der Waals surface area contributed by atoms with E-state index in [1.807, 2.05) is 44.2 Å². The zero-order chi connectivity index (χ0) is 23.1. The topological polar surface area (TPSA) is 125 Å². The molecule has 0 atom stereocenters. The second kappa shape index (κ2) is 10.5. The third kappa shape index (κ3) is 7.01. The lowest BCUT2D eigenvalue weighted by molar-refractivity contribution is -0.119. The molecule has 0 aliphatic carbocycles. The van der Waals surface area contributed by atoms with E-state index >= 15 is 0 Å². The molecule has 3 rings (SSSR count). The summed E-state index contributed by atoms with van der Waals surface area (Å²) in [5.41, 5.74) is 2.87. The summed E-state index contributed by atoms with van der Waals surface area (Å²) in [6.07, 6.45) is 0. The van der Waals surface area contributed by atoms with Crippen molar-refractivity contribution in [1.82, 2.24) is 20.0 Å². The molecule has 32 heavy (non-hydrogen) atoms. The molecule has 0 aliphatic rings. The smallest absolute Gasteiger partial charge is 0.250 e. The third-order valence-corrected chi connectivity index (χ3v) is 7.33. The van der Waals surface area contributed by atoms with Gasteiger partial charge in [0.1, 0.15) is 10.0 Å². The van der Waals surface area contributed by atoms with Crippen molar-refractivity contribution >= 4 is 44.7 Å². The number of anilines is 3. The Morgan fingerprint density at radius 3 is 2.50 bits per heavy atom. The summed E-state index contributed by atoms with van der Waals surface area (Å²) >= 11 is 1.12. The molecule has 0 saturated carbocycles. The lowest BCUT2D eigenvalue weighted by atomic mass is 10.2. The average Bonchev–Trinajstić information content (AvgIpc) is 3.21. The maximum atomic E-state index is 12.5. The molecule has 3 aromatic rings. The number of hydrogen-bond donors (Lipinski definition) is 4. The Kier molecular flexibility index (Phi) is 7.78. The molecule has 1 aromatic carbocycles. The van der Waals surface area contributed by atoms with Gasteiger partial charge in [0.2, 0.25) is 21.9 Å². The highest BCUT2D eigenvalue weighted by atomic mass is 32.2. The van der Waals surface area contributed by atoms with Gasteiger partial charge in [0.15, 0.2) is 0 Å². The van der Waals surface area contributed by atoms with Crippen LogP contribution < -0.4 is 20.7 Å². The zero-order valence-electron chi connectivity index (χ0n) is 18.1. The number of aryl methyl sites for hydroxylation is 2. The van der Waals surface area contributed by atoms with Crippen LogP contribution in [0.4, 0.5) is 17.5 Å². The summed E-state index contributed by atoms with van der Waals surface area (Å²) in [5, 5.41) is 8.94. The second-order valence-electron chi connectivity index (χ2n) is 7.16. The number of carbonyl (C=O) groups excluding carboxylic acids is 1. The van der Waals surface area contributed by atoms with Gasteiger partial charge in [0, 0.05) is 42.3 Å². The first-order valence-corrected chi connectivity index (χ1v) is 12.3. The Balaban J connectivity index is 1.53. The Bertz CT molecular complexity index is 1180. The van der Waals surface area contributed by atoms with E-state index in [1.165, 1.54) is 18.6 Å². The van der Waals surface area contributed by atoms with E-state index in [0.29, 0.717) is 24.9 Å². The van der Waals surface area contributed by atoms with E-state index < -0.39 is 10.0 Å². The molecule has 0 unspecified atom stereocenters. The van der Waals surface area contributed by atoms with E-state index in [-0.39, 0.29) is 16.7 Å². The molecule has 2 heterocycles. The van der Waals surface area contributed by atoms with Crippen LogP contribution in [0.1, 0.15) is 23.1 Å². The van der Waals surface area contributed by atoms with Crippen LogP contribution in [-0.4, -0.2) is 37.4 Å². The molecule has 0 radical (unpaired) electrons. The molecule has 11 heteroatoms. The number of thiophene rings is 1. The molecule has 4 N–H and O–H groups in total. The number of nitrogens with one attached hydrogen (secondary N) is 4. The Labute approximate surface area is 191 Å². The molecule has 0 saturated heterocycles. The van der Waals surface area contributed by atoms with Crippen molar-refractivity contribution in [2.75, 3.05) is 23.7 Å². The summed E-state index contributed by atoms with van der Waals surface area (Å²) in [7, 11) is -3.63. The van der Waals surface area contributed by atoms with Gasteiger partial charge < -0.3 is 16.0 Å². The fraction of sp³-hybridized carbons (Fsp3) is 0.286. The first-order valence-electron chi connectivity index (χ1n) is 9.97. The monoisotopic (exact) mass is 474 g/mol.